The maximum absolute atomic E-state index is 13.4. The van der Waals surface area contributed by atoms with Crippen molar-refractivity contribution in [1.29, 1.82) is 0 Å². The Labute approximate surface area is 167 Å². The minimum Gasteiger partial charge on any atom is -0.494 e. The van der Waals surface area contributed by atoms with E-state index >= 15 is 0 Å². The lowest BCUT2D eigenvalue weighted by molar-refractivity contribution is -0.122. The van der Waals surface area contributed by atoms with E-state index in [2.05, 4.69) is 0 Å². The highest BCUT2D eigenvalue weighted by molar-refractivity contribution is 7.93. The topological polar surface area (TPSA) is 63.7 Å². The predicted molar refractivity (Wildman–Crippen MR) is 110 cm³/mol. The van der Waals surface area contributed by atoms with Gasteiger partial charge >= 0.3 is 0 Å². The molecule has 6 heteroatoms. The van der Waals surface area contributed by atoms with Crippen LogP contribution in [0.5, 0.6) is 5.75 Å². The van der Waals surface area contributed by atoms with Gasteiger partial charge in [0.05, 0.1) is 17.2 Å². The molecule has 0 aromatic heterocycles. The summed E-state index contributed by atoms with van der Waals surface area (Å²) in [5.41, 5.74) is 1.31. The highest BCUT2D eigenvalue weighted by Gasteiger charge is 2.35. The zero-order chi connectivity index (χ0) is 20.1. The second-order valence-corrected chi connectivity index (χ2v) is 8.97. The normalized spacial score (nSPS) is 15.2. The molecular weight excluding hydrogens is 374 g/mol. The van der Waals surface area contributed by atoms with Crippen molar-refractivity contribution >= 4 is 21.6 Å². The van der Waals surface area contributed by atoms with Gasteiger partial charge in [0.2, 0.25) is 5.91 Å². The van der Waals surface area contributed by atoms with Gasteiger partial charge in [0.15, 0.2) is 0 Å². The summed E-state index contributed by atoms with van der Waals surface area (Å²) in [5, 5.41) is 0. The Morgan fingerprint density at radius 2 is 1.61 bits per heavy atom. The molecule has 2 aromatic carbocycles. The molecular formula is C22H27NO4S. The number of amides is 1. The number of hydrogen-bond acceptors (Lipinski definition) is 4. The molecule has 1 aliphatic carbocycles. The number of rotatable bonds is 6. The van der Waals surface area contributed by atoms with Crippen molar-refractivity contribution in [3.63, 3.8) is 0 Å². The van der Waals surface area contributed by atoms with Crippen LogP contribution in [0.1, 0.15) is 44.6 Å². The van der Waals surface area contributed by atoms with Crippen LogP contribution in [0.4, 0.5) is 5.69 Å². The fourth-order valence-corrected chi connectivity index (χ4v) is 5.04. The van der Waals surface area contributed by atoms with E-state index in [0.29, 0.717) is 18.0 Å². The molecule has 0 spiro atoms. The molecule has 0 atom stereocenters. The molecule has 0 bridgehead atoms. The molecule has 1 amide bonds. The first-order valence-electron chi connectivity index (χ1n) is 9.82. The van der Waals surface area contributed by atoms with Crippen molar-refractivity contribution in [2.24, 2.45) is 5.92 Å². The number of nitrogens with zero attached hydrogens (tertiary/aromatic N) is 1. The Morgan fingerprint density at radius 3 is 2.18 bits per heavy atom. The van der Waals surface area contributed by atoms with Crippen molar-refractivity contribution in [1.82, 2.24) is 0 Å². The largest absolute Gasteiger partial charge is 0.494 e. The molecule has 28 heavy (non-hydrogen) atoms. The molecule has 150 valence electrons. The van der Waals surface area contributed by atoms with E-state index in [-0.39, 0.29) is 16.7 Å². The van der Waals surface area contributed by atoms with Gasteiger partial charge in [0.25, 0.3) is 10.0 Å². The quantitative estimate of drug-likeness (QED) is 0.704. The van der Waals surface area contributed by atoms with Crippen molar-refractivity contribution in [2.75, 3.05) is 10.9 Å². The molecule has 0 aliphatic heterocycles. The van der Waals surface area contributed by atoms with E-state index in [1.807, 2.05) is 13.8 Å². The van der Waals surface area contributed by atoms with Crippen LogP contribution in [0.15, 0.2) is 53.4 Å². The Hall–Kier alpha value is -2.34. The van der Waals surface area contributed by atoms with Crippen molar-refractivity contribution in [3.8, 4) is 5.75 Å². The van der Waals surface area contributed by atoms with E-state index < -0.39 is 10.0 Å². The summed E-state index contributed by atoms with van der Waals surface area (Å²) >= 11 is 0. The van der Waals surface area contributed by atoms with Gasteiger partial charge in [0.1, 0.15) is 5.75 Å². The highest BCUT2D eigenvalue weighted by atomic mass is 32.2. The molecule has 1 aliphatic rings. The van der Waals surface area contributed by atoms with Crippen molar-refractivity contribution in [3.05, 3.63) is 54.1 Å². The summed E-state index contributed by atoms with van der Waals surface area (Å²) in [5.74, 6) is 0.0361. The Bertz CT molecular complexity index is 899. The highest BCUT2D eigenvalue weighted by Crippen LogP contribution is 2.32. The third-order valence-corrected chi connectivity index (χ3v) is 6.84. The maximum Gasteiger partial charge on any atom is 0.270 e. The lowest BCUT2D eigenvalue weighted by Gasteiger charge is -2.29. The molecule has 0 unspecified atom stereocenters. The monoisotopic (exact) mass is 401 g/mol. The first kappa shape index (κ1) is 20.4. The predicted octanol–water partition coefficient (Wildman–Crippen LogP) is 4.70. The number of anilines is 1. The van der Waals surface area contributed by atoms with Gasteiger partial charge in [-0.05, 0) is 63.1 Å². The zero-order valence-electron chi connectivity index (χ0n) is 16.4. The average Bonchev–Trinajstić information content (AvgIpc) is 2.70. The first-order chi connectivity index (χ1) is 13.4. The number of aryl methyl sites for hydroxylation is 1. The third-order valence-electron chi connectivity index (χ3n) is 5.10. The second-order valence-electron chi connectivity index (χ2n) is 7.18. The number of ether oxygens (including phenoxy) is 1. The molecule has 0 heterocycles. The minimum absolute atomic E-state index is 0.121. The smallest absolute Gasteiger partial charge is 0.270 e. The molecule has 2 aromatic rings. The maximum atomic E-state index is 13.4. The van der Waals surface area contributed by atoms with Crippen LogP contribution in [-0.4, -0.2) is 20.9 Å². The van der Waals surface area contributed by atoms with Crippen molar-refractivity contribution in [2.45, 2.75) is 50.8 Å². The first-order valence-corrected chi connectivity index (χ1v) is 11.3. The molecule has 0 radical (unpaired) electrons. The van der Waals surface area contributed by atoms with Crippen molar-refractivity contribution < 1.29 is 17.9 Å². The third kappa shape index (κ3) is 4.38. The van der Waals surface area contributed by atoms with E-state index in [4.69, 9.17) is 4.74 Å². The minimum atomic E-state index is -4.00. The van der Waals surface area contributed by atoms with Crippen LogP contribution < -0.4 is 9.04 Å². The standard InChI is InChI=1S/C22H27NO4S/c1-3-27-20-13-11-19(12-14-20)23(22(24)18-7-5-4-6-8-18)28(25,26)21-15-9-17(2)10-16-21/h9-16,18H,3-8H2,1-2H3. The van der Waals surface area contributed by atoms with Gasteiger partial charge in [-0.2, -0.15) is 0 Å². The average molecular weight is 402 g/mol. The molecule has 0 N–H and O–H groups in total. The van der Waals surface area contributed by atoms with Gasteiger partial charge in [-0.3, -0.25) is 4.79 Å². The summed E-state index contributed by atoms with van der Waals surface area (Å²) in [6.07, 6.45) is 4.47. The van der Waals surface area contributed by atoms with Crippen LogP contribution in [-0.2, 0) is 14.8 Å². The van der Waals surface area contributed by atoms with Crippen LogP contribution in [0.2, 0.25) is 0 Å². The van der Waals surface area contributed by atoms with E-state index in [1.54, 1.807) is 48.5 Å². The van der Waals surface area contributed by atoms with Gasteiger partial charge < -0.3 is 4.74 Å². The molecule has 0 saturated heterocycles. The van der Waals surface area contributed by atoms with Crippen LogP contribution in [0, 0.1) is 12.8 Å². The summed E-state index contributed by atoms with van der Waals surface area (Å²) in [7, 11) is -4.00. The van der Waals surface area contributed by atoms with E-state index in [1.165, 1.54) is 0 Å². The van der Waals surface area contributed by atoms with Gasteiger partial charge in [-0.25, -0.2) is 12.7 Å². The van der Waals surface area contributed by atoms with E-state index in [0.717, 1.165) is 42.0 Å². The molecule has 1 saturated carbocycles. The Morgan fingerprint density at radius 1 is 1.00 bits per heavy atom. The number of carbonyl (C=O) groups excluding carboxylic acids is 1. The SMILES string of the molecule is CCOc1ccc(N(C(=O)C2CCCCC2)S(=O)(=O)c2ccc(C)cc2)cc1. The number of benzene rings is 2. The summed E-state index contributed by atoms with van der Waals surface area (Å²) in [4.78, 5) is 13.4. The molecule has 3 rings (SSSR count). The number of hydrogen-bond donors (Lipinski definition) is 0. The second kappa shape index (κ2) is 8.78. The van der Waals surface area contributed by atoms with Crippen LogP contribution >= 0.6 is 0 Å². The zero-order valence-corrected chi connectivity index (χ0v) is 17.2. The van der Waals surface area contributed by atoms with Gasteiger partial charge in [0, 0.05) is 5.92 Å². The lowest BCUT2D eigenvalue weighted by Crippen LogP contribution is -2.41. The van der Waals surface area contributed by atoms with Crippen LogP contribution in [0.25, 0.3) is 0 Å². The van der Waals surface area contributed by atoms with Gasteiger partial charge in [-0.15, -0.1) is 0 Å². The fourth-order valence-electron chi connectivity index (χ4n) is 3.56. The van der Waals surface area contributed by atoms with E-state index in [9.17, 15) is 13.2 Å². The number of sulfonamides is 1. The number of carbonyl (C=O) groups is 1. The summed E-state index contributed by atoms with van der Waals surface area (Å²) < 4.78 is 33.3. The lowest BCUT2D eigenvalue weighted by atomic mass is 9.88. The molecule has 1 fully saturated rings. The Balaban J connectivity index is 2.02. The van der Waals surface area contributed by atoms with Gasteiger partial charge in [-0.1, -0.05) is 37.0 Å². The summed E-state index contributed by atoms with van der Waals surface area (Å²) in [6, 6.07) is 13.3. The molecule has 5 nitrogen and oxygen atoms in total. The Kier molecular flexibility index (Phi) is 6.39. The fraction of sp³-hybridized carbons (Fsp3) is 0.409. The van der Waals surface area contributed by atoms with Crippen LogP contribution in [0.3, 0.4) is 0 Å². The summed E-state index contributed by atoms with van der Waals surface area (Å²) in [6.45, 7) is 4.30.